The molecule has 1 aliphatic heterocycles. The summed E-state index contributed by atoms with van der Waals surface area (Å²) in [7, 11) is 0. The quantitative estimate of drug-likeness (QED) is 0.867. The Morgan fingerprint density at radius 1 is 1.29 bits per heavy atom. The van der Waals surface area contributed by atoms with Crippen molar-refractivity contribution in [2.45, 2.75) is 50.6 Å². The van der Waals surface area contributed by atoms with Gasteiger partial charge in [-0.1, -0.05) is 17.8 Å². The Morgan fingerprint density at radius 2 is 2.21 bits per heavy atom. The third kappa shape index (κ3) is 3.49. The summed E-state index contributed by atoms with van der Waals surface area (Å²) >= 11 is 1.52. The molecule has 2 fully saturated rings. The van der Waals surface area contributed by atoms with Crippen LogP contribution in [0.2, 0.25) is 0 Å². The van der Waals surface area contributed by atoms with Gasteiger partial charge in [0.05, 0.1) is 13.1 Å². The van der Waals surface area contributed by atoms with Crippen LogP contribution in [0.15, 0.2) is 18.5 Å². The van der Waals surface area contributed by atoms with Gasteiger partial charge in [-0.2, -0.15) is 5.10 Å². The maximum Gasteiger partial charge on any atom is 0.240 e. The lowest BCUT2D eigenvalue weighted by Crippen LogP contribution is -2.39. The molecule has 1 saturated heterocycles. The Balaban J connectivity index is 1.30. The highest BCUT2D eigenvalue weighted by Crippen LogP contribution is 2.38. The predicted octanol–water partition coefficient (Wildman–Crippen LogP) is 2.11. The molecule has 8 heteroatoms. The fourth-order valence-corrected chi connectivity index (χ4v) is 4.31. The number of anilines is 1. The van der Waals surface area contributed by atoms with Crippen LogP contribution >= 0.6 is 11.3 Å². The van der Waals surface area contributed by atoms with E-state index in [0.29, 0.717) is 23.6 Å². The number of hydrogen-bond acceptors (Lipinski definition) is 6. The molecule has 1 atom stereocenters. The zero-order chi connectivity index (χ0) is 16.4. The van der Waals surface area contributed by atoms with E-state index in [2.05, 4.69) is 25.5 Å². The van der Waals surface area contributed by atoms with Gasteiger partial charge >= 0.3 is 0 Å². The summed E-state index contributed by atoms with van der Waals surface area (Å²) < 4.78 is 1.94. The smallest absolute Gasteiger partial charge is 0.240 e. The van der Waals surface area contributed by atoms with Gasteiger partial charge in [0, 0.05) is 24.4 Å². The minimum absolute atomic E-state index is 0.00123. The molecule has 2 aromatic rings. The highest BCUT2D eigenvalue weighted by Gasteiger charge is 2.27. The molecule has 0 radical (unpaired) electrons. The Bertz CT molecular complexity index is 681. The van der Waals surface area contributed by atoms with Gasteiger partial charge in [0.2, 0.25) is 11.0 Å². The van der Waals surface area contributed by atoms with Crippen LogP contribution in [0.3, 0.4) is 0 Å². The Hall–Kier alpha value is -1.80. The van der Waals surface area contributed by atoms with E-state index in [1.807, 2.05) is 16.9 Å². The predicted molar refractivity (Wildman–Crippen MR) is 92.0 cm³/mol. The summed E-state index contributed by atoms with van der Waals surface area (Å²) in [6, 6.07) is 2.30. The molecule has 0 aromatic carbocycles. The highest BCUT2D eigenvalue weighted by atomic mass is 32.1. The lowest BCUT2D eigenvalue weighted by atomic mass is 9.86. The molecule has 3 heterocycles. The van der Waals surface area contributed by atoms with E-state index in [1.165, 1.54) is 30.6 Å². The van der Waals surface area contributed by atoms with Crippen LogP contribution in [0, 0.1) is 0 Å². The van der Waals surface area contributed by atoms with Gasteiger partial charge in [0.25, 0.3) is 0 Å². The second kappa shape index (κ2) is 6.98. The minimum Gasteiger partial charge on any atom is -0.299 e. The van der Waals surface area contributed by atoms with E-state index in [9.17, 15) is 4.79 Å². The number of likely N-dealkylation sites (tertiary alicyclic amines) is 1. The average Bonchev–Trinajstić information content (AvgIpc) is 3.22. The summed E-state index contributed by atoms with van der Waals surface area (Å²) in [5.41, 5.74) is 0. The zero-order valence-corrected chi connectivity index (χ0v) is 14.4. The molecule has 24 heavy (non-hydrogen) atoms. The van der Waals surface area contributed by atoms with Crippen LogP contribution in [0.5, 0.6) is 0 Å². The molecule has 1 saturated carbocycles. The number of carbonyl (C=O) groups is 1. The molecular weight excluding hydrogens is 324 g/mol. The summed E-state index contributed by atoms with van der Waals surface area (Å²) in [6.45, 7) is 2.21. The number of nitrogens with zero attached hydrogens (tertiary/aromatic N) is 5. The molecule has 1 amide bonds. The number of nitrogens with one attached hydrogen (secondary N) is 1. The third-order valence-electron chi connectivity index (χ3n) is 4.94. The normalized spacial score (nSPS) is 21.8. The fourth-order valence-electron chi connectivity index (χ4n) is 3.38. The van der Waals surface area contributed by atoms with Gasteiger partial charge in [0.15, 0.2) is 0 Å². The first-order valence-corrected chi connectivity index (χ1v) is 9.44. The minimum atomic E-state index is -0.00123. The SMILES string of the molecule is O=C(CN1CCC[C@H]1Cn1cccn1)Nc1nnc(C2CCC2)s1. The summed E-state index contributed by atoms with van der Waals surface area (Å²) in [5, 5.41) is 17.2. The van der Waals surface area contributed by atoms with E-state index in [-0.39, 0.29) is 5.91 Å². The van der Waals surface area contributed by atoms with Crippen molar-refractivity contribution in [1.82, 2.24) is 24.9 Å². The molecule has 2 aromatic heterocycles. The van der Waals surface area contributed by atoms with Gasteiger partial charge in [0.1, 0.15) is 5.01 Å². The van der Waals surface area contributed by atoms with Crippen molar-refractivity contribution in [2.24, 2.45) is 0 Å². The van der Waals surface area contributed by atoms with Gasteiger partial charge < -0.3 is 0 Å². The van der Waals surface area contributed by atoms with Crippen molar-refractivity contribution in [3.05, 3.63) is 23.5 Å². The van der Waals surface area contributed by atoms with Crippen LogP contribution in [0.1, 0.15) is 43.0 Å². The summed E-state index contributed by atoms with van der Waals surface area (Å²) in [5.74, 6) is 0.559. The Kier molecular flexibility index (Phi) is 4.57. The molecule has 1 N–H and O–H groups in total. The first kappa shape index (κ1) is 15.7. The monoisotopic (exact) mass is 346 g/mol. The largest absolute Gasteiger partial charge is 0.299 e. The van der Waals surface area contributed by atoms with Crippen LogP contribution in [0.25, 0.3) is 0 Å². The van der Waals surface area contributed by atoms with Crippen molar-refractivity contribution in [3.63, 3.8) is 0 Å². The van der Waals surface area contributed by atoms with E-state index in [4.69, 9.17) is 0 Å². The van der Waals surface area contributed by atoms with Crippen LogP contribution in [-0.4, -0.2) is 49.9 Å². The molecule has 2 aliphatic rings. The molecule has 0 unspecified atom stereocenters. The Morgan fingerprint density at radius 3 is 2.96 bits per heavy atom. The van der Waals surface area contributed by atoms with Gasteiger partial charge in [-0.3, -0.25) is 19.7 Å². The number of hydrogen-bond donors (Lipinski definition) is 1. The standard InChI is InChI=1S/C16H22N6OS/c23-14(18-16-20-19-15(24-16)12-4-1-5-12)11-21-8-2-6-13(21)10-22-9-3-7-17-22/h3,7,9,12-13H,1-2,4-6,8,10-11H2,(H,18,20,23)/t13-/m0/s1. The lowest BCUT2D eigenvalue weighted by molar-refractivity contribution is -0.117. The third-order valence-corrected chi connectivity index (χ3v) is 5.95. The van der Waals surface area contributed by atoms with Gasteiger partial charge in [-0.05, 0) is 38.3 Å². The van der Waals surface area contributed by atoms with Gasteiger partial charge in [-0.25, -0.2) is 0 Å². The first-order valence-electron chi connectivity index (χ1n) is 8.62. The molecular formula is C16H22N6OS. The summed E-state index contributed by atoms with van der Waals surface area (Å²) in [6.07, 6.45) is 9.68. The maximum atomic E-state index is 12.3. The summed E-state index contributed by atoms with van der Waals surface area (Å²) in [4.78, 5) is 14.6. The van der Waals surface area contributed by atoms with Crippen molar-refractivity contribution in [1.29, 1.82) is 0 Å². The van der Waals surface area contributed by atoms with Crippen LogP contribution in [-0.2, 0) is 11.3 Å². The van der Waals surface area contributed by atoms with Crippen molar-refractivity contribution in [3.8, 4) is 0 Å². The number of rotatable bonds is 6. The van der Waals surface area contributed by atoms with E-state index in [0.717, 1.165) is 30.9 Å². The molecule has 7 nitrogen and oxygen atoms in total. The van der Waals surface area contributed by atoms with Crippen LogP contribution < -0.4 is 5.32 Å². The molecule has 0 bridgehead atoms. The van der Waals surface area contributed by atoms with E-state index in [1.54, 1.807) is 6.20 Å². The number of carbonyl (C=O) groups excluding carboxylic acids is 1. The second-order valence-electron chi connectivity index (χ2n) is 6.62. The fraction of sp³-hybridized carbons (Fsp3) is 0.625. The molecule has 4 rings (SSSR count). The topological polar surface area (TPSA) is 75.9 Å². The zero-order valence-electron chi connectivity index (χ0n) is 13.6. The maximum absolute atomic E-state index is 12.3. The van der Waals surface area contributed by atoms with E-state index < -0.39 is 0 Å². The number of aromatic nitrogens is 4. The average molecular weight is 346 g/mol. The molecule has 1 aliphatic carbocycles. The molecule has 128 valence electrons. The first-order chi connectivity index (χ1) is 11.8. The van der Waals surface area contributed by atoms with Crippen LogP contribution in [0.4, 0.5) is 5.13 Å². The lowest BCUT2D eigenvalue weighted by Gasteiger charge is -2.23. The van der Waals surface area contributed by atoms with E-state index >= 15 is 0 Å². The molecule has 0 spiro atoms. The number of amides is 1. The Labute approximate surface area is 145 Å². The van der Waals surface area contributed by atoms with Crippen molar-refractivity contribution < 1.29 is 4.79 Å². The highest BCUT2D eigenvalue weighted by molar-refractivity contribution is 7.15. The second-order valence-corrected chi connectivity index (χ2v) is 7.63. The van der Waals surface area contributed by atoms with Crippen molar-refractivity contribution >= 4 is 22.4 Å². The van der Waals surface area contributed by atoms with Gasteiger partial charge in [-0.15, -0.1) is 10.2 Å². The van der Waals surface area contributed by atoms with Crippen molar-refractivity contribution in [2.75, 3.05) is 18.4 Å².